The zero-order valence-corrected chi connectivity index (χ0v) is 14.3. The lowest BCUT2D eigenvalue weighted by Crippen LogP contribution is -2.26. The number of esters is 1. The summed E-state index contributed by atoms with van der Waals surface area (Å²) in [5.41, 5.74) is 2.05. The number of hydrogen-bond donors (Lipinski definition) is 0. The number of aromatic nitrogens is 1. The van der Waals surface area contributed by atoms with Gasteiger partial charge in [0.25, 0.3) is 0 Å². The Labute approximate surface area is 137 Å². The van der Waals surface area contributed by atoms with Crippen LogP contribution in [0.2, 0.25) is 0 Å². The van der Waals surface area contributed by atoms with Gasteiger partial charge in [0.1, 0.15) is 5.60 Å². The van der Waals surface area contributed by atoms with E-state index in [0.717, 1.165) is 23.1 Å². The second-order valence-electron chi connectivity index (χ2n) is 7.25. The van der Waals surface area contributed by atoms with Crippen LogP contribution in [0.5, 0.6) is 0 Å². The Morgan fingerprint density at radius 2 is 2.09 bits per heavy atom. The Hall–Kier alpha value is -2.10. The summed E-state index contributed by atoms with van der Waals surface area (Å²) < 4.78 is 5.54. The van der Waals surface area contributed by atoms with Gasteiger partial charge in [0.05, 0.1) is 11.1 Å². The highest BCUT2D eigenvalue weighted by atomic mass is 16.6. The molecule has 4 heteroatoms. The molecule has 0 bridgehead atoms. The van der Waals surface area contributed by atoms with Crippen LogP contribution in [0.1, 0.15) is 50.9 Å². The van der Waals surface area contributed by atoms with Gasteiger partial charge >= 0.3 is 5.97 Å². The molecule has 0 spiro atoms. The number of anilines is 1. The predicted molar refractivity (Wildman–Crippen MR) is 93.0 cm³/mol. The van der Waals surface area contributed by atoms with E-state index in [1.54, 1.807) is 12.3 Å². The summed E-state index contributed by atoms with van der Waals surface area (Å²) in [6.45, 7) is 8.95. The van der Waals surface area contributed by atoms with Gasteiger partial charge in [-0.1, -0.05) is 0 Å². The van der Waals surface area contributed by atoms with Gasteiger partial charge in [0.15, 0.2) is 0 Å². The van der Waals surface area contributed by atoms with Gasteiger partial charge in [-0.25, -0.2) is 4.79 Å². The topological polar surface area (TPSA) is 42.4 Å². The van der Waals surface area contributed by atoms with Crippen molar-refractivity contribution in [2.45, 2.75) is 52.2 Å². The molecule has 0 unspecified atom stereocenters. The van der Waals surface area contributed by atoms with Crippen LogP contribution in [-0.4, -0.2) is 29.1 Å². The van der Waals surface area contributed by atoms with Gasteiger partial charge in [-0.15, -0.1) is 0 Å². The van der Waals surface area contributed by atoms with Crippen molar-refractivity contribution in [3.63, 3.8) is 0 Å². The summed E-state index contributed by atoms with van der Waals surface area (Å²) in [4.78, 5) is 19.3. The zero-order chi connectivity index (χ0) is 16.6. The number of rotatable bonds is 2. The molecule has 1 atom stereocenters. The summed E-state index contributed by atoms with van der Waals surface area (Å²) in [5.74, 6) is -0.295. The molecule has 0 amide bonds. The van der Waals surface area contributed by atoms with Crippen LogP contribution in [0.15, 0.2) is 30.5 Å². The summed E-state index contributed by atoms with van der Waals surface area (Å²) in [5, 5.41) is 0.860. The Morgan fingerprint density at radius 1 is 1.30 bits per heavy atom. The Balaban J connectivity index is 2.03. The molecule has 0 aliphatic carbocycles. The lowest BCUT2D eigenvalue weighted by Gasteiger charge is -2.24. The van der Waals surface area contributed by atoms with E-state index < -0.39 is 5.60 Å². The molecule has 23 heavy (non-hydrogen) atoms. The minimum absolute atomic E-state index is 0.295. The van der Waals surface area contributed by atoms with Crippen molar-refractivity contribution in [3.05, 3.63) is 36.0 Å². The molecule has 4 nitrogen and oxygen atoms in total. The summed E-state index contributed by atoms with van der Waals surface area (Å²) in [6, 6.07) is 8.44. The van der Waals surface area contributed by atoms with Gasteiger partial charge in [0, 0.05) is 29.9 Å². The highest BCUT2D eigenvalue weighted by Crippen LogP contribution is 2.29. The molecule has 1 aromatic heterocycles. The van der Waals surface area contributed by atoms with E-state index in [9.17, 15) is 4.79 Å². The number of carbonyl (C=O) groups excluding carboxylic acids is 1. The van der Waals surface area contributed by atoms with Crippen molar-refractivity contribution >= 4 is 22.6 Å². The third-order valence-corrected chi connectivity index (χ3v) is 4.23. The van der Waals surface area contributed by atoms with Crippen LogP contribution in [0.4, 0.5) is 5.69 Å². The van der Waals surface area contributed by atoms with Crippen molar-refractivity contribution in [2.75, 3.05) is 11.4 Å². The van der Waals surface area contributed by atoms with Crippen LogP contribution in [0.25, 0.3) is 10.9 Å². The maximum absolute atomic E-state index is 12.5. The number of hydrogen-bond acceptors (Lipinski definition) is 4. The standard InChI is InChI=1S/C19H24N2O2/c1-13-6-5-11-21(13)14-7-8-17-16(12-14)15(9-10-20-17)18(22)23-19(2,3)4/h7-10,12-13H,5-6,11H2,1-4H3/t13-/m0/s1. The Kier molecular flexibility index (Phi) is 4.00. The summed E-state index contributed by atoms with van der Waals surface area (Å²) in [6.07, 6.45) is 4.09. The highest BCUT2D eigenvalue weighted by Gasteiger charge is 2.23. The molecule has 122 valence electrons. The van der Waals surface area contributed by atoms with Crippen LogP contribution in [0.3, 0.4) is 0 Å². The molecule has 2 aromatic rings. The molecular weight excluding hydrogens is 288 g/mol. The van der Waals surface area contributed by atoms with Crippen molar-refractivity contribution in [1.29, 1.82) is 0 Å². The van der Waals surface area contributed by atoms with Crippen molar-refractivity contribution in [1.82, 2.24) is 4.98 Å². The van der Waals surface area contributed by atoms with E-state index in [2.05, 4.69) is 28.9 Å². The van der Waals surface area contributed by atoms with E-state index in [-0.39, 0.29) is 5.97 Å². The quantitative estimate of drug-likeness (QED) is 0.780. The minimum atomic E-state index is -0.506. The van der Waals surface area contributed by atoms with Gasteiger partial charge < -0.3 is 9.64 Å². The molecule has 1 aliphatic heterocycles. The maximum atomic E-state index is 12.5. The molecular formula is C19H24N2O2. The number of pyridine rings is 1. The Bertz CT molecular complexity index is 734. The first-order chi connectivity index (χ1) is 10.8. The van der Waals surface area contributed by atoms with E-state index in [1.807, 2.05) is 26.8 Å². The second kappa shape index (κ2) is 5.84. The summed E-state index contributed by atoms with van der Waals surface area (Å²) in [7, 11) is 0. The van der Waals surface area contributed by atoms with Crippen molar-refractivity contribution in [3.8, 4) is 0 Å². The largest absolute Gasteiger partial charge is 0.456 e. The molecule has 0 radical (unpaired) electrons. The monoisotopic (exact) mass is 312 g/mol. The lowest BCUT2D eigenvalue weighted by atomic mass is 10.1. The normalized spacial score (nSPS) is 18.4. The average Bonchev–Trinajstić information content (AvgIpc) is 2.90. The van der Waals surface area contributed by atoms with Crippen molar-refractivity contribution in [2.24, 2.45) is 0 Å². The fraction of sp³-hybridized carbons (Fsp3) is 0.474. The number of fused-ring (bicyclic) bond motifs is 1. The SMILES string of the molecule is C[C@H]1CCCN1c1ccc2nccc(C(=O)OC(C)(C)C)c2c1. The van der Waals surface area contributed by atoms with E-state index >= 15 is 0 Å². The fourth-order valence-electron chi connectivity index (χ4n) is 3.14. The molecule has 3 rings (SSSR count). The molecule has 1 aliphatic rings. The first-order valence-corrected chi connectivity index (χ1v) is 8.24. The van der Waals surface area contributed by atoms with E-state index in [4.69, 9.17) is 4.74 Å². The smallest absolute Gasteiger partial charge is 0.339 e. The second-order valence-corrected chi connectivity index (χ2v) is 7.25. The molecule has 0 N–H and O–H groups in total. The number of benzene rings is 1. The number of ether oxygens (including phenoxy) is 1. The first-order valence-electron chi connectivity index (χ1n) is 8.24. The van der Waals surface area contributed by atoms with Crippen LogP contribution in [0, 0.1) is 0 Å². The van der Waals surface area contributed by atoms with Crippen LogP contribution < -0.4 is 4.90 Å². The van der Waals surface area contributed by atoms with E-state index in [1.165, 1.54) is 12.8 Å². The zero-order valence-electron chi connectivity index (χ0n) is 14.3. The van der Waals surface area contributed by atoms with Crippen molar-refractivity contribution < 1.29 is 9.53 Å². The summed E-state index contributed by atoms with van der Waals surface area (Å²) >= 11 is 0. The van der Waals surface area contributed by atoms with Crippen LogP contribution >= 0.6 is 0 Å². The first kappa shape index (κ1) is 15.8. The Morgan fingerprint density at radius 3 is 2.74 bits per heavy atom. The van der Waals surface area contributed by atoms with Gasteiger partial charge in [-0.05, 0) is 64.8 Å². The van der Waals surface area contributed by atoms with E-state index in [0.29, 0.717) is 11.6 Å². The molecule has 0 saturated carbocycles. The minimum Gasteiger partial charge on any atom is -0.456 e. The highest BCUT2D eigenvalue weighted by molar-refractivity contribution is 6.04. The number of nitrogens with zero attached hydrogens (tertiary/aromatic N) is 2. The molecule has 2 heterocycles. The van der Waals surface area contributed by atoms with Gasteiger partial charge in [0.2, 0.25) is 0 Å². The third-order valence-electron chi connectivity index (χ3n) is 4.23. The molecule has 1 saturated heterocycles. The average molecular weight is 312 g/mol. The van der Waals surface area contributed by atoms with Crippen LogP contribution in [-0.2, 0) is 4.74 Å². The van der Waals surface area contributed by atoms with Gasteiger partial charge in [-0.2, -0.15) is 0 Å². The lowest BCUT2D eigenvalue weighted by molar-refractivity contribution is 0.00718. The predicted octanol–water partition coefficient (Wildman–Crippen LogP) is 4.18. The number of carbonyl (C=O) groups is 1. The molecule has 1 aromatic carbocycles. The van der Waals surface area contributed by atoms with Gasteiger partial charge in [-0.3, -0.25) is 4.98 Å². The maximum Gasteiger partial charge on any atom is 0.339 e. The third kappa shape index (κ3) is 3.31. The fourth-order valence-corrected chi connectivity index (χ4v) is 3.14. The molecule has 1 fully saturated rings.